The van der Waals surface area contributed by atoms with Crippen LogP contribution in [0.5, 0.6) is 0 Å². The number of para-hydroxylation sites is 2. The van der Waals surface area contributed by atoms with Crippen LogP contribution in [0.2, 0.25) is 0 Å². The van der Waals surface area contributed by atoms with Gasteiger partial charge >= 0.3 is 21.1 Å². The van der Waals surface area contributed by atoms with E-state index in [1.165, 1.54) is 27.9 Å². The summed E-state index contributed by atoms with van der Waals surface area (Å²) in [6.45, 7) is 27.1. The van der Waals surface area contributed by atoms with Gasteiger partial charge in [-0.25, -0.2) is 0 Å². The predicted molar refractivity (Wildman–Crippen MR) is 200 cm³/mol. The van der Waals surface area contributed by atoms with Crippen molar-refractivity contribution in [3.05, 3.63) is 151 Å². The number of rotatable bonds is 4. The molecule has 0 spiro atoms. The summed E-state index contributed by atoms with van der Waals surface area (Å²) < 4.78 is 0. The van der Waals surface area contributed by atoms with E-state index in [1.54, 1.807) is 0 Å². The molecule has 5 aromatic carbocycles. The van der Waals surface area contributed by atoms with Gasteiger partial charge in [-0.15, -0.1) is 42.9 Å². The molecule has 0 amide bonds. The van der Waals surface area contributed by atoms with Gasteiger partial charge in [-0.3, -0.25) is 0 Å². The van der Waals surface area contributed by atoms with Gasteiger partial charge in [-0.1, -0.05) is 77.9 Å². The minimum atomic E-state index is 0. The number of aryl methyl sites for hydroxylation is 2. The van der Waals surface area contributed by atoms with E-state index in [-0.39, 0.29) is 31.9 Å². The summed E-state index contributed by atoms with van der Waals surface area (Å²) in [6.07, 6.45) is 0. The Kier molecular flexibility index (Phi) is 10.1. The zero-order chi connectivity index (χ0) is 34.4. The summed E-state index contributed by atoms with van der Waals surface area (Å²) >= 11 is 0. The molecule has 0 saturated heterocycles. The molecular weight excluding hydrogens is 782 g/mol. The zero-order valence-electron chi connectivity index (χ0n) is 29.5. The molecule has 49 heavy (non-hydrogen) atoms. The number of anilines is 8. The summed E-state index contributed by atoms with van der Waals surface area (Å²) in [4.78, 5) is 9.09. The molecule has 7 rings (SSSR count). The van der Waals surface area contributed by atoms with Crippen LogP contribution < -0.4 is 19.6 Å². The second kappa shape index (κ2) is 13.8. The van der Waals surface area contributed by atoms with Crippen molar-refractivity contribution in [1.82, 2.24) is 0 Å². The van der Waals surface area contributed by atoms with Crippen LogP contribution in [-0.4, -0.2) is 0 Å². The van der Waals surface area contributed by atoms with Crippen LogP contribution in [0, 0.1) is 45.1 Å². The van der Waals surface area contributed by atoms with Crippen LogP contribution in [0.25, 0.3) is 0 Å². The first-order valence-corrected chi connectivity index (χ1v) is 16.4. The fourth-order valence-corrected chi connectivity index (χ4v) is 6.29. The Hall–Kier alpha value is -4.52. The number of nitrogens with zero attached hydrogens (tertiary/aromatic N) is 5. The minimum Gasteiger partial charge on any atom is -0.512 e. The third-order valence-corrected chi connectivity index (χ3v) is 9.28. The molecule has 0 fully saturated rings. The molecular formula is C43H43N5Pt. The number of benzene rings is 5. The van der Waals surface area contributed by atoms with Crippen molar-refractivity contribution in [1.29, 1.82) is 5.26 Å². The fraction of sp³-hybridized carbons (Fsp3) is 0.233. The normalized spacial score (nSPS) is 13.8. The molecule has 5 nitrogen and oxygen atoms in total. The Morgan fingerprint density at radius 1 is 0.510 bits per heavy atom. The molecule has 2 heterocycles. The van der Waals surface area contributed by atoms with Gasteiger partial charge in [-0.2, -0.15) is 6.07 Å². The van der Waals surface area contributed by atoms with Gasteiger partial charge in [0.15, 0.2) is 0 Å². The van der Waals surface area contributed by atoms with Crippen molar-refractivity contribution in [2.24, 2.45) is 0 Å². The van der Waals surface area contributed by atoms with Crippen LogP contribution >= 0.6 is 0 Å². The molecule has 0 saturated carbocycles. The van der Waals surface area contributed by atoms with Gasteiger partial charge in [0.2, 0.25) is 0 Å². The molecule has 6 heteroatoms. The van der Waals surface area contributed by atoms with Crippen LogP contribution in [0.1, 0.15) is 63.8 Å². The van der Waals surface area contributed by atoms with E-state index in [1.807, 2.05) is 0 Å². The predicted octanol–water partition coefficient (Wildman–Crippen LogP) is 11.6. The number of hydrogen-bond acceptors (Lipinski definition) is 5. The first-order chi connectivity index (χ1) is 22.9. The molecule has 2 aliphatic rings. The first kappa shape index (κ1) is 35.8. The SMILES string of the molecule is Cc1cc2c(cc1C)N(c1ccc(C(C)(C)C)cc1)[CH-]N2c1[c-]c(N2[CH-]N(c3ccc(C(C)(C)C)cc3)c3ccccc32)ccc1.[C-]#N.[Pt+4]. The third kappa shape index (κ3) is 6.85. The van der Waals surface area contributed by atoms with Gasteiger partial charge in [0.05, 0.1) is 0 Å². The summed E-state index contributed by atoms with van der Waals surface area (Å²) in [7, 11) is 0. The van der Waals surface area contributed by atoms with E-state index in [0.717, 1.165) is 39.8 Å². The Balaban J connectivity index is 0.00000153. The average molecular weight is 825 g/mol. The second-order valence-electron chi connectivity index (χ2n) is 14.6. The van der Waals surface area contributed by atoms with Crippen LogP contribution in [-0.2, 0) is 31.9 Å². The molecule has 0 N–H and O–H groups in total. The molecule has 0 atom stereocenters. The number of hydrogen-bond donors (Lipinski definition) is 0. The smallest absolute Gasteiger partial charge is 0.512 e. The van der Waals surface area contributed by atoms with E-state index in [9.17, 15) is 0 Å². The topological polar surface area (TPSA) is 36.8 Å². The van der Waals surface area contributed by atoms with E-state index in [4.69, 9.17) is 11.8 Å². The van der Waals surface area contributed by atoms with Gasteiger partial charge in [0.25, 0.3) is 0 Å². The maximum atomic E-state index is 6.25. The van der Waals surface area contributed by atoms with Crippen molar-refractivity contribution in [2.75, 3.05) is 19.6 Å². The fourth-order valence-electron chi connectivity index (χ4n) is 6.29. The standard InChI is InChI=1S/C42H43N4.CN.Pt/c1-29-24-39-40(25-30(29)2)46(28-44(39)34-22-18-32(19-23-34)42(6,7)8)36-13-11-12-35(26-36)45-27-43(37-14-9-10-15-38(37)45)33-20-16-31(17-21-33)41(3,4)5;1-2;/h9-25,27-28H,1-8H3;;/q-3;-1;+4. The minimum absolute atomic E-state index is 0. The first-order valence-electron chi connectivity index (χ1n) is 16.4. The van der Waals surface area contributed by atoms with Crippen molar-refractivity contribution < 1.29 is 21.1 Å². The molecule has 0 aromatic heterocycles. The molecule has 0 bridgehead atoms. The maximum Gasteiger partial charge on any atom is 4.00 e. The van der Waals surface area contributed by atoms with E-state index < -0.39 is 0 Å². The Morgan fingerprint density at radius 3 is 1.31 bits per heavy atom. The summed E-state index contributed by atoms with van der Waals surface area (Å²) in [5, 5.41) is 6.25. The quantitative estimate of drug-likeness (QED) is 0.169. The molecule has 250 valence electrons. The van der Waals surface area contributed by atoms with E-state index in [2.05, 4.69) is 198 Å². The molecule has 0 radical (unpaired) electrons. The van der Waals surface area contributed by atoms with Crippen LogP contribution in [0.15, 0.2) is 103 Å². The molecule has 0 unspecified atom stereocenters. The summed E-state index contributed by atoms with van der Waals surface area (Å²) in [5.74, 6) is 0. The zero-order valence-corrected chi connectivity index (χ0v) is 31.8. The van der Waals surface area contributed by atoms with E-state index in [0.29, 0.717) is 0 Å². The second-order valence-corrected chi connectivity index (χ2v) is 14.6. The van der Waals surface area contributed by atoms with Crippen molar-refractivity contribution in [3.8, 4) is 0 Å². The third-order valence-electron chi connectivity index (χ3n) is 9.28. The maximum absolute atomic E-state index is 6.25. The van der Waals surface area contributed by atoms with Gasteiger partial charge < -0.3 is 31.4 Å². The largest absolute Gasteiger partial charge is 4.00 e. The Bertz CT molecular complexity index is 1950. The van der Waals surface area contributed by atoms with Crippen molar-refractivity contribution in [2.45, 2.75) is 66.2 Å². The van der Waals surface area contributed by atoms with Gasteiger partial charge in [0, 0.05) is 34.1 Å². The van der Waals surface area contributed by atoms with Crippen molar-refractivity contribution in [3.63, 3.8) is 0 Å². The summed E-state index contributed by atoms with van der Waals surface area (Å²) in [5.41, 5.74) is 14.3. The molecule has 5 aromatic rings. The van der Waals surface area contributed by atoms with Gasteiger partial charge in [-0.05, 0) is 95.5 Å². The Labute approximate surface area is 307 Å². The molecule has 0 aliphatic carbocycles. The van der Waals surface area contributed by atoms with E-state index >= 15 is 0 Å². The summed E-state index contributed by atoms with van der Waals surface area (Å²) in [6, 6.07) is 41.3. The monoisotopic (exact) mass is 824 g/mol. The average Bonchev–Trinajstić information content (AvgIpc) is 3.64. The van der Waals surface area contributed by atoms with Crippen LogP contribution in [0.4, 0.5) is 45.5 Å². The van der Waals surface area contributed by atoms with Crippen LogP contribution in [0.3, 0.4) is 0 Å². The Morgan fingerprint density at radius 2 is 0.878 bits per heavy atom. The van der Waals surface area contributed by atoms with Gasteiger partial charge in [0.1, 0.15) is 0 Å². The number of fused-ring (bicyclic) bond motifs is 2. The van der Waals surface area contributed by atoms with Crippen molar-refractivity contribution >= 4 is 45.5 Å². The molecule has 2 aliphatic heterocycles.